The van der Waals surface area contributed by atoms with Gasteiger partial charge in [0.1, 0.15) is 11.6 Å². The second-order valence-electron chi connectivity index (χ2n) is 6.21. The van der Waals surface area contributed by atoms with E-state index in [0.717, 1.165) is 36.6 Å². The maximum Gasteiger partial charge on any atom is 0.253 e. The Labute approximate surface area is 146 Å². The highest BCUT2D eigenvalue weighted by Gasteiger charge is 2.23. The largest absolute Gasteiger partial charge is 0.493 e. The summed E-state index contributed by atoms with van der Waals surface area (Å²) >= 11 is 0. The summed E-state index contributed by atoms with van der Waals surface area (Å²) in [5.41, 5.74) is 1.60. The van der Waals surface area contributed by atoms with Crippen molar-refractivity contribution < 1.29 is 14.3 Å². The predicted molar refractivity (Wildman–Crippen MR) is 94.0 cm³/mol. The van der Waals surface area contributed by atoms with E-state index in [1.807, 2.05) is 36.4 Å². The second-order valence-corrected chi connectivity index (χ2v) is 6.21. The van der Waals surface area contributed by atoms with Crippen molar-refractivity contribution in [3.8, 4) is 5.75 Å². The normalized spacial score (nSPS) is 19.7. The lowest BCUT2D eigenvalue weighted by Crippen LogP contribution is -2.37. The minimum absolute atomic E-state index is 0.0311. The van der Waals surface area contributed by atoms with Crippen LogP contribution in [0.5, 0.6) is 5.75 Å². The SMILES string of the molecule is O=C(NC1CCOc2ccccc21)c1ccc(N2CCOCC2)nc1. The number of rotatable bonds is 3. The number of morpholine rings is 1. The summed E-state index contributed by atoms with van der Waals surface area (Å²) in [5.74, 6) is 1.62. The summed E-state index contributed by atoms with van der Waals surface area (Å²) in [6.07, 6.45) is 2.41. The van der Waals surface area contributed by atoms with Crippen LogP contribution in [0.1, 0.15) is 28.4 Å². The summed E-state index contributed by atoms with van der Waals surface area (Å²) in [6, 6.07) is 11.5. The number of nitrogens with zero attached hydrogens (tertiary/aromatic N) is 2. The van der Waals surface area contributed by atoms with Crippen LogP contribution in [-0.2, 0) is 4.74 Å². The molecule has 0 saturated carbocycles. The second kappa shape index (κ2) is 7.11. The molecule has 2 aliphatic heterocycles. The monoisotopic (exact) mass is 339 g/mol. The van der Waals surface area contributed by atoms with E-state index in [1.54, 1.807) is 6.20 Å². The minimum atomic E-state index is -0.109. The molecule has 1 fully saturated rings. The molecule has 6 nitrogen and oxygen atoms in total. The number of carbonyl (C=O) groups excluding carboxylic acids is 1. The van der Waals surface area contributed by atoms with Gasteiger partial charge in [0.2, 0.25) is 0 Å². The Morgan fingerprint density at radius 1 is 1.12 bits per heavy atom. The first-order valence-corrected chi connectivity index (χ1v) is 8.62. The number of anilines is 1. The van der Waals surface area contributed by atoms with Crippen LogP contribution in [0.3, 0.4) is 0 Å². The number of aromatic nitrogens is 1. The molecule has 1 amide bonds. The fourth-order valence-corrected chi connectivity index (χ4v) is 3.23. The van der Waals surface area contributed by atoms with E-state index in [-0.39, 0.29) is 11.9 Å². The molecule has 1 aromatic heterocycles. The van der Waals surface area contributed by atoms with Crippen molar-refractivity contribution in [1.82, 2.24) is 10.3 Å². The summed E-state index contributed by atoms with van der Waals surface area (Å²) in [5, 5.41) is 3.10. The van der Waals surface area contributed by atoms with Gasteiger partial charge in [0.15, 0.2) is 0 Å². The fourth-order valence-electron chi connectivity index (χ4n) is 3.23. The van der Waals surface area contributed by atoms with Gasteiger partial charge in [-0.25, -0.2) is 4.98 Å². The lowest BCUT2D eigenvalue weighted by molar-refractivity contribution is 0.0924. The Bertz CT molecular complexity index is 742. The molecule has 1 unspecified atom stereocenters. The molecule has 130 valence electrons. The zero-order valence-electron chi connectivity index (χ0n) is 14.0. The van der Waals surface area contributed by atoms with Gasteiger partial charge in [-0.2, -0.15) is 0 Å². The Morgan fingerprint density at radius 2 is 1.96 bits per heavy atom. The highest BCUT2D eigenvalue weighted by atomic mass is 16.5. The van der Waals surface area contributed by atoms with E-state index in [4.69, 9.17) is 9.47 Å². The van der Waals surface area contributed by atoms with Crippen LogP contribution >= 0.6 is 0 Å². The summed E-state index contributed by atoms with van der Waals surface area (Å²) in [7, 11) is 0. The van der Waals surface area contributed by atoms with E-state index in [2.05, 4.69) is 15.2 Å². The number of para-hydroxylation sites is 1. The number of benzene rings is 1. The van der Waals surface area contributed by atoms with Gasteiger partial charge < -0.3 is 19.7 Å². The number of ether oxygens (including phenoxy) is 2. The molecule has 1 aromatic carbocycles. The van der Waals surface area contributed by atoms with Gasteiger partial charge in [-0.15, -0.1) is 0 Å². The van der Waals surface area contributed by atoms with Crippen LogP contribution in [0, 0.1) is 0 Å². The topological polar surface area (TPSA) is 63.7 Å². The Kier molecular flexibility index (Phi) is 4.52. The first kappa shape index (κ1) is 15.9. The standard InChI is InChI=1S/C19H21N3O3/c23-19(21-16-7-10-25-17-4-2-1-3-15(16)17)14-5-6-18(20-13-14)22-8-11-24-12-9-22/h1-6,13,16H,7-12H2,(H,21,23). The van der Waals surface area contributed by atoms with Crippen molar-refractivity contribution >= 4 is 11.7 Å². The number of nitrogens with one attached hydrogen (secondary N) is 1. The van der Waals surface area contributed by atoms with Crippen molar-refractivity contribution in [2.24, 2.45) is 0 Å². The molecule has 2 aliphatic rings. The molecule has 0 radical (unpaired) electrons. The Balaban J connectivity index is 1.45. The van der Waals surface area contributed by atoms with Gasteiger partial charge in [0.05, 0.1) is 31.4 Å². The predicted octanol–water partition coefficient (Wildman–Crippen LogP) is 2.17. The van der Waals surface area contributed by atoms with E-state index in [9.17, 15) is 4.79 Å². The molecule has 1 N–H and O–H groups in total. The average Bonchev–Trinajstić information content (AvgIpc) is 2.69. The number of hydrogen-bond donors (Lipinski definition) is 1. The van der Waals surface area contributed by atoms with Gasteiger partial charge in [-0.1, -0.05) is 18.2 Å². The van der Waals surface area contributed by atoms with Crippen molar-refractivity contribution in [2.45, 2.75) is 12.5 Å². The molecule has 4 rings (SSSR count). The first-order valence-electron chi connectivity index (χ1n) is 8.62. The zero-order valence-corrected chi connectivity index (χ0v) is 14.0. The summed E-state index contributed by atoms with van der Waals surface area (Å²) < 4.78 is 11.0. The van der Waals surface area contributed by atoms with Crippen molar-refractivity contribution in [1.29, 1.82) is 0 Å². The molecule has 2 aromatic rings. The third-order valence-corrected chi connectivity index (χ3v) is 4.61. The molecular formula is C19H21N3O3. The van der Waals surface area contributed by atoms with E-state index in [1.165, 1.54) is 0 Å². The van der Waals surface area contributed by atoms with Gasteiger partial charge in [0.25, 0.3) is 5.91 Å². The smallest absolute Gasteiger partial charge is 0.253 e. The molecule has 0 aliphatic carbocycles. The Hall–Kier alpha value is -2.60. The number of pyridine rings is 1. The van der Waals surface area contributed by atoms with E-state index < -0.39 is 0 Å². The van der Waals surface area contributed by atoms with Crippen molar-refractivity contribution in [3.05, 3.63) is 53.7 Å². The van der Waals surface area contributed by atoms with Crippen LogP contribution < -0.4 is 15.0 Å². The summed E-state index contributed by atoms with van der Waals surface area (Å²) in [6.45, 7) is 3.70. The van der Waals surface area contributed by atoms with Crippen molar-refractivity contribution in [2.75, 3.05) is 37.8 Å². The highest BCUT2D eigenvalue weighted by Crippen LogP contribution is 2.31. The zero-order chi connectivity index (χ0) is 17.1. The van der Waals surface area contributed by atoms with Crippen LogP contribution in [-0.4, -0.2) is 43.8 Å². The Morgan fingerprint density at radius 3 is 2.76 bits per heavy atom. The van der Waals surface area contributed by atoms with Gasteiger partial charge >= 0.3 is 0 Å². The van der Waals surface area contributed by atoms with E-state index in [0.29, 0.717) is 25.4 Å². The minimum Gasteiger partial charge on any atom is -0.493 e. The number of fused-ring (bicyclic) bond motifs is 1. The lowest BCUT2D eigenvalue weighted by Gasteiger charge is -2.28. The quantitative estimate of drug-likeness (QED) is 0.928. The third kappa shape index (κ3) is 3.44. The maximum absolute atomic E-state index is 12.6. The fraction of sp³-hybridized carbons (Fsp3) is 0.368. The van der Waals surface area contributed by atoms with Gasteiger partial charge in [0, 0.05) is 31.3 Å². The van der Waals surface area contributed by atoms with Crippen LogP contribution in [0.15, 0.2) is 42.6 Å². The molecule has 3 heterocycles. The summed E-state index contributed by atoms with van der Waals surface area (Å²) in [4.78, 5) is 19.2. The van der Waals surface area contributed by atoms with Gasteiger partial charge in [-0.3, -0.25) is 4.79 Å². The molecule has 0 spiro atoms. The molecule has 25 heavy (non-hydrogen) atoms. The number of carbonyl (C=O) groups is 1. The number of hydrogen-bond acceptors (Lipinski definition) is 5. The maximum atomic E-state index is 12.6. The average molecular weight is 339 g/mol. The third-order valence-electron chi connectivity index (χ3n) is 4.61. The molecule has 0 bridgehead atoms. The van der Waals surface area contributed by atoms with E-state index >= 15 is 0 Å². The van der Waals surface area contributed by atoms with Crippen LogP contribution in [0.2, 0.25) is 0 Å². The number of amides is 1. The first-order chi connectivity index (χ1) is 12.3. The van der Waals surface area contributed by atoms with Crippen LogP contribution in [0.4, 0.5) is 5.82 Å². The molecule has 1 saturated heterocycles. The van der Waals surface area contributed by atoms with Crippen molar-refractivity contribution in [3.63, 3.8) is 0 Å². The molecular weight excluding hydrogens is 318 g/mol. The van der Waals surface area contributed by atoms with Crippen LogP contribution in [0.25, 0.3) is 0 Å². The van der Waals surface area contributed by atoms with Gasteiger partial charge in [-0.05, 0) is 18.2 Å². The highest BCUT2D eigenvalue weighted by molar-refractivity contribution is 5.94. The molecule has 1 atom stereocenters. The molecule has 6 heteroatoms. The lowest BCUT2D eigenvalue weighted by atomic mass is 10.0.